The van der Waals surface area contributed by atoms with Crippen molar-refractivity contribution in [2.75, 3.05) is 13.1 Å². The SMILES string of the molecule is CC(C)(C)OC(=O)N1CCC(Cc2nc3ccccc3[nH]2)CC1. The van der Waals surface area contributed by atoms with Gasteiger partial charge in [-0.05, 0) is 51.7 Å². The highest BCUT2D eigenvalue weighted by Crippen LogP contribution is 2.23. The largest absolute Gasteiger partial charge is 0.444 e. The molecule has 0 unspecified atom stereocenters. The molecule has 1 saturated heterocycles. The molecule has 1 amide bonds. The van der Waals surface area contributed by atoms with Crippen molar-refractivity contribution in [3.63, 3.8) is 0 Å². The maximum atomic E-state index is 12.1. The molecule has 5 heteroatoms. The number of hydrogen-bond donors (Lipinski definition) is 1. The summed E-state index contributed by atoms with van der Waals surface area (Å²) in [5.74, 6) is 1.61. The van der Waals surface area contributed by atoms with Gasteiger partial charge in [0, 0.05) is 19.5 Å². The first kappa shape index (κ1) is 15.8. The van der Waals surface area contributed by atoms with E-state index in [-0.39, 0.29) is 6.09 Å². The third-order valence-corrected chi connectivity index (χ3v) is 4.19. The normalized spacial score (nSPS) is 16.7. The Morgan fingerprint density at radius 1 is 1.30 bits per heavy atom. The van der Waals surface area contributed by atoms with Crippen LogP contribution in [0.4, 0.5) is 4.79 Å². The number of benzene rings is 1. The maximum Gasteiger partial charge on any atom is 0.410 e. The second-order valence-electron chi connectivity index (χ2n) is 7.32. The van der Waals surface area contributed by atoms with Gasteiger partial charge in [-0.3, -0.25) is 0 Å². The molecule has 23 heavy (non-hydrogen) atoms. The Morgan fingerprint density at radius 3 is 2.65 bits per heavy atom. The Labute approximate surface area is 137 Å². The van der Waals surface area contributed by atoms with Gasteiger partial charge in [-0.1, -0.05) is 12.1 Å². The molecule has 0 bridgehead atoms. The molecule has 0 radical (unpaired) electrons. The molecule has 1 aromatic heterocycles. The fraction of sp³-hybridized carbons (Fsp3) is 0.556. The van der Waals surface area contributed by atoms with Crippen molar-refractivity contribution in [1.82, 2.24) is 14.9 Å². The third-order valence-electron chi connectivity index (χ3n) is 4.19. The van der Waals surface area contributed by atoms with E-state index in [0.717, 1.165) is 49.2 Å². The standard InChI is InChI=1S/C18H25N3O2/c1-18(2,3)23-17(22)21-10-8-13(9-11-21)12-16-19-14-6-4-5-7-15(14)20-16/h4-7,13H,8-12H2,1-3H3,(H,19,20). The molecule has 0 atom stereocenters. The van der Waals surface area contributed by atoms with Gasteiger partial charge in [0.25, 0.3) is 0 Å². The molecule has 3 rings (SSSR count). The van der Waals surface area contributed by atoms with Crippen molar-refractivity contribution in [3.05, 3.63) is 30.1 Å². The molecule has 2 aromatic rings. The van der Waals surface area contributed by atoms with E-state index in [2.05, 4.69) is 16.0 Å². The Bertz CT molecular complexity index is 646. The van der Waals surface area contributed by atoms with Gasteiger partial charge >= 0.3 is 6.09 Å². The smallest absolute Gasteiger partial charge is 0.410 e. The Balaban J connectivity index is 1.54. The highest BCUT2D eigenvalue weighted by molar-refractivity contribution is 5.74. The molecular weight excluding hydrogens is 290 g/mol. The molecule has 2 heterocycles. The average Bonchev–Trinajstić information content (AvgIpc) is 2.88. The summed E-state index contributed by atoms with van der Waals surface area (Å²) in [6.45, 7) is 7.23. The first-order chi connectivity index (χ1) is 10.9. The number of rotatable bonds is 2. The summed E-state index contributed by atoms with van der Waals surface area (Å²) in [6, 6.07) is 8.10. The van der Waals surface area contributed by atoms with E-state index in [1.807, 2.05) is 43.9 Å². The molecule has 1 aliphatic heterocycles. The van der Waals surface area contributed by atoms with Gasteiger partial charge in [-0.25, -0.2) is 9.78 Å². The summed E-state index contributed by atoms with van der Waals surface area (Å²) in [4.78, 5) is 21.9. The second kappa shape index (κ2) is 6.22. The molecule has 124 valence electrons. The van der Waals surface area contributed by atoms with E-state index in [1.165, 1.54) is 0 Å². The zero-order valence-electron chi connectivity index (χ0n) is 14.1. The van der Waals surface area contributed by atoms with Crippen LogP contribution in [-0.2, 0) is 11.2 Å². The van der Waals surface area contributed by atoms with Crippen LogP contribution in [-0.4, -0.2) is 39.7 Å². The maximum absolute atomic E-state index is 12.1. The monoisotopic (exact) mass is 315 g/mol. The number of nitrogens with one attached hydrogen (secondary N) is 1. The number of piperidine rings is 1. The summed E-state index contributed by atoms with van der Waals surface area (Å²) in [5, 5.41) is 0. The van der Waals surface area contributed by atoms with Crippen molar-refractivity contribution >= 4 is 17.1 Å². The Hall–Kier alpha value is -2.04. The number of fused-ring (bicyclic) bond motifs is 1. The van der Waals surface area contributed by atoms with Gasteiger partial charge in [-0.2, -0.15) is 0 Å². The fourth-order valence-corrected chi connectivity index (χ4v) is 3.02. The number of likely N-dealkylation sites (tertiary alicyclic amines) is 1. The number of aromatic amines is 1. The van der Waals surface area contributed by atoms with Crippen molar-refractivity contribution in [2.45, 2.75) is 45.6 Å². The highest BCUT2D eigenvalue weighted by Gasteiger charge is 2.27. The molecular formula is C18H25N3O2. The van der Waals surface area contributed by atoms with Gasteiger partial charge in [0.05, 0.1) is 11.0 Å². The van der Waals surface area contributed by atoms with Crippen LogP contribution in [0.1, 0.15) is 39.4 Å². The van der Waals surface area contributed by atoms with Crippen LogP contribution in [0.5, 0.6) is 0 Å². The van der Waals surface area contributed by atoms with Crippen LogP contribution < -0.4 is 0 Å². The summed E-state index contributed by atoms with van der Waals surface area (Å²) in [5.41, 5.74) is 1.68. The van der Waals surface area contributed by atoms with Crippen LogP contribution in [0.25, 0.3) is 11.0 Å². The van der Waals surface area contributed by atoms with Crippen molar-refractivity contribution in [1.29, 1.82) is 0 Å². The number of para-hydroxylation sites is 2. The summed E-state index contributed by atoms with van der Waals surface area (Å²) in [6.07, 6.45) is 2.74. The minimum absolute atomic E-state index is 0.195. The quantitative estimate of drug-likeness (QED) is 0.918. The number of aromatic nitrogens is 2. The van der Waals surface area contributed by atoms with Crippen molar-refractivity contribution in [2.24, 2.45) is 5.92 Å². The lowest BCUT2D eigenvalue weighted by Gasteiger charge is -2.33. The van der Waals surface area contributed by atoms with Crippen LogP contribution in [0.3, 0.4) is 0 Å². The zero-order chi connectivity index (χ0) is 16.4. The van der Waals surface area contributed by atoms with E-state index < -0.39 is 5.60 Å². The first-order valence-corrected chi connectivity index (χ1v) is 8.32. The fourth-order valence-electron chi connectivity index (χ4n) is 3.02. The minimum atomic E-state index is -0.428. The summed E-state index contributed by atoms with van der Waals surface area (Å²) < 4.78 is 5.44. The van der Waals surface area contributed by atoms with Gasteiger partial charge in [0.15, 0.2) is 0 Å². The lowest BCUT2D eigenvalue weighted by molar-refractivity contribution is 0.0184. The number of nitrogens with zero attached hydrogens (tertiary/aromatic N) is 2. The molecule has 0 saturated carbocycles. The van der Waals surface area contributed by atoms with Crippen molar-refractivity contribution in [3.8, 4) is 0 Å². The van der Waals surface area contributed by atoms with Gasteiger partial charge in [0.1, 0.15) is 11.4 Å². The first-order valence-electron chi connectivity index (χ1n) is 8.32. The predicted octanol–water partition coefficient (Wildman–Crippen LogP) is 3.75. The Kier molecular flexibility index (Phi) is 4.28. The zero-order valence-corrected chi connectivity index (χ0v) is 14.1. The van der Waals surface area contributed by atoms with E-state index in [0.29, 0.717) is 5.92 Å². The number of carbonyl (C=O) groups is 1. The number of carbonyl (C=O) groups excluding carboxylic acids is 1. The molecule has 1 aromatic carbocycles. The molecule has 1 fully saturated rings. The van der Waals surface area contributed by atoms with E-state index >= 15 is 0 Å². The molecule has 0 aliphatic carbocycles. The van der Waals surface area contributed by atoms with Gasteiger partial charge in [0.2, 0.25) is 0 Å². The molecule has 0 spiro atoms. The lowest BCUT2D eigenvalue weighted by Crippen LogP contribution is -2.42. The number of amides is 1. The number of H-pyrrole nitrogens is 1. The van der Waals surface area contributed by atoms with Crippen LogP contribution in [0.15, 0.2) is 24.3 Å². The number of ether oxygens (including phenoxy) is 1. The highest BCUT2D eigenvalue weighted by atomic mass is 16.6. The van der Waals surface area contributed by atoms with Crippen LogP contribution in [0, 0.1) is 5.92 Å². The third kappa shape index (κ3) is 4.03. The summed E-state index contributed by atoms with van der Waals surface area (Å²) >= 11 is 0. The second-order valence-corrected chi connectivity index (χ2v) is 7.32. The van der Waals surface area contributed by atoms with Crippen LogP contribution in [0.2, 0.25) is 0 Å². The topological polar surface area (TPSA) is 58.2 Å². The van der Waals surface area contributed by atoms with Crippen LogP contribution >= 0.6 is 0 Å². The molecule has 1 aliphatic rings. The van der Waals surface area contributed by atoms with E-state index in [9.17, 15) is 4.79 Å². The number of hydrogen-bond acceptors (Lipinski definition) is 3. The van der Waals surface area contributed by atoms with Crippen molar-refractivity contribution < 1.29 is 9.53 Å². The van der Waals surface area contributed by atoms with Gasteiger partial charge < -0.3 is 14.6 Å². The molecule has 1 N–H and O–H groups in total. The average molecular weight is 315 g/mol. The van der Waals surface area contributed by atoms with Gasteiger partial charge in [-0.15, -0.1) is 0 Å². The number of imidazole rings is 1. The van der Waals surface area contributed by atoms with E-state index in [4.69, 9.17) is 4.74 Å². The predicted molar refractivity (Wildman–Crippen MR) is 90.3 cm³/mol. The minimum Gasteiger partial charge on any atom is -0.444 e. The Morgan fingerprint density at radius 2 is 2.00 bits per heavy atom. The van der Waals surface area contributed by atoms with E-state index in [1.54, 1.807) is 0 Å². The summed E-state index contributed by atoms with van der Waals surface area (Å²) in [7, 11) is 0. The molecule has 5 nitrogen and oxygen atoms in total. The lowest BCUT2D eigenvalue weighted by atomic mass is 9.93.